The van der Waals surface area contributed by atoms with Gasteiger partial charge in [-0.3, -0.25) is 9.78 Å². The molecule has 5 heteroatoms. The molecule has 0 bridgehead atoms. The van der Waals surface area contributed by atoms with Crippen molar-refractivity contribution < 1.29 is 9.21 Å². The molecule has 5 nitrogen and oxygen atoms in total. The molecule has 2 heterocycles. The maximum Gasteiger partial charge on any atom is 0.269 e. The van der Waals surface area contributed by atoms with E-state index in [1.54, 1.807) is 18.5 Å². The normalized spacial score (nSPS) is 10.2. The van der Waals surface area contributed by atoms with Crippen LogP contribution in [0.5, 0.6) is 0 Å². The minimum Gasteiger partial charge on any atom is -0.467 e. The molecular formula is C15H19N3O2. The van der Waals surface area contributed by atoms with Crippen LogP contribution in [0.3, 0.4) is 0 Å². The first kappa shape index (κ1) is 14.1. The fourth-order valence-electron chi connectivity index (χ4n) is 1.74. The standard InChI is InChI=1S/C15H19N3O2/c1-2-3-7-17-15(19)14-10-12(6-8-16-14)18-11-13-5-4-9-20-13/h4-6,8-10H,2-3,7,11H2,1H3,(H,16,18)(H,17,19). The molecule has 0 fully saturated rings. The Labute approximate surface area is 118 Å². The molecule has 0 aromatic carbocycles. The van der Waals surface area contributed by atoms with Gasteiger partial charge < -0.3 is 15.1 Å². The van der Waals surface area contributed by atoms with Gasteiger partial charge in [0.2, 0.25) is 0 Å². The van der Waals surface area contributed by atoms with E-state index in [0.717, 1.165) is 24.3 Å². The van der Waals surface area contributed by atoms with E-state index < -0.39 is 0 Å². The monoisotopic (exact) mass is 273 g/mol. The Morgan fingerprint density at radius 3 is 3.05 bits per heavy atom. The van der Waals surface area contributed by atoms with E-state index in [1.807, 2.05) is 18.2 Å². The van der Waals surface area contributed by atoms with Gasteiger partial charge in [0.05, 0.1) is 12.8 Å². The summed E-state index contributed by atoms with van der Waals surface area (Å²) in [6.45, 7) is 3.35. The van der Waals surface area contributed by atoms with E-state index in [9.17, 15) is 4.79 Å². The maximum atomic E-state index is 11.9. The van der Waals surface area contributed by atoms with E-state index in [-0.39, 0.29) is 5.91 Å². The third kappa shape index (κ3) is 4.12. The molecular weight excluding hydrogens is 254 g/mol. The van der Waals surface area contributed by atoms with Crippen LogP contribution in [-0.4, -0.2) is 17.4 Å². The van der Waals surface area contributed by atoms with Crippen molar-refractivity contribution in [3.8, 4) is 0 Å². The number of rotatable bonds is 7. The van der Waals surface area contributed by atoms with Gasteiger partial charge in [0.1, 0.15) is 11.5 Å². The zero-order valence-electron chi connectivity index (χ0n) is 11.6. The number of hydrogen-bond donors (Lipinski definition) is 2. The molecule has 106 valence electrons. The first-order valence-electron chi connectivity index (χ1n) is 6.80. The number of nitrogens with one attached hydrogen (secondary N) is 2. The smallest absolute Gasteiger partial charge is 0.269 e. The number of anilines is 1. The summed E-state index contributed by atoms with van der Waals surface area (Å²) in [5, 5.41) is 6.04. The first-order chi connectivity index (χ1) is 9.79. The van der Waals surface area contributed by atoms with Gasteiger partial charge in [-0.05, 0) is 30.7 Å². The Morgan fingerprint density at radius 2 is 2.30 bits per heavy atom. The van der Waals surface area contributed by atoms with Crippen molar-refractivity contribution in [3.05, 3.63) is 48.2 Å². The minimum absolute atomic E-state index is 0.139. The summed E-state index contributed by atoms with van der Waals surface area (Å²) < 4.78 is 5.24. The molecule has 2 aromatic heterocycles. The number of amides is 1. The van der Waals surface area contributed by atoms with Gasteiger partial charge in [-0.1, -0.05) is 13.3 Å². The van der Waals surface area contributed by atoms with Crippen molar-refractivity contribution >= 4 is 11.6 Å². The molecule has 2 rings (SSSR count). The van der Waals surface area contributed by atoms with E-state index in [0.29, 0.717) is 18.8 Å². The van der Waals surface area contributed by atoms with Crippen molar-refractivity contribution in [2.75, 3.05) is 11.9 Å². The van der Waals surface area contributed by atoms with Crippen LogP contribution < -0.4 is 10.6 Å². The lowest BCUT2D eigenvalue weighted by atomic mass is 10.3. The average Bonchev–Trinajstić information content (AvgIpc) is 2.99. The molecule has 0 aliphatic heterocycles. The zero-order chi connectivity index (χ0) is 14.2. The van der Waals surface area contributed by atoms with Crippen LogP contribution in [0, 0.1) is 0 Å². The molecule has 0 saturated heterocycles. The summed E-state index contributed by atoms with van der Waals surface area (Å²) in [7, 11) is 0. The van der Waals surface area contributed by atoms with E-state index in [4.69, 9.17) is 4.42 Å². The van der Waals surface area contributed by atoms with E-state index in [1.165, 1.54) is 0 Å². The van der Waals surface area contributed by atoms with Crippen LogP contribution in [0.15, 0.2) is 41.1 Å². The quantitative estimate of drug-likeness (QED) is 0.761. The van der Waals surface area contributed by atoms with Gasteiger partial charge in [0.25, 0.3) is 5.91 Å². The number of aromatic nitrogens is 1. The van der Waals surface area contributed by atoms with Gasteiger partial charge >= 0.3 is 0 Å². The lowest BCUT2D eigenvalue weighted by Crippen LogP contribution is -2.25. The van der Waals surface area contributed by atoms with Crippen LogP contribution in [0.4, 0.5) is 5.69 Å². The Hall–Kier alpha value is -2.30. The molecule has 20 heavy (non-hydrogen) atoms. The Balaban J connectivity index is 1.91. The largest absolute Gasteiger partial charge is 0.467 e. The maximum absolute atomic E-state index is 11.9. The van der Waals surface area contributed by atoms with Crippen LogP contribution in [0.2, 0.25) is 0 Å². The van der Waals surface area contributed by atoms with Crippen molar-refractivity contribution in [2.45, 2.75) is 26.3 Å². The fourth-order valence-corrected chi connectivity index (χ4v) is 1.74. The third-order valence-corrected chi connectivity index (χ3v) is 2.86. The van der Waals surface area contributed by atoms with Crippen LogP contribution >= 0.6 is 0 Å². The second-order valence-electron chi connectivity index (χ2n) is 4.47. The van der Waals surface area contributed by atoms with Gasteiger partial charge in [0, 0.05) is 18.4 Å². The van der Waals surface area contributed by atoms with Gasteiger partial charge in [-0.15, -0.1) is 0 Å². The first-order valence-corrected chi connectivity index (χ1v) is 6.80. The highest BCUT2D eigenvalue weighted by Crippen LogP contribution is 2.10. The summed E-state index contributed by atoms with van der Waals surface area (Å²) in [6, 6.07) is 7.30. The molecule has 2 aromatic rings. The molecule has 0 unspecified atom stereocenters. The lowest BCUT2D eigenvalue weighted by Gasteiger charge is -2.07. The topological polar surface area (TPSA) is 67.2 Å². The summed E-state index contributed by atoms with van der Waals surface area (Å²) >= 11 is 0. The second kappa shape index (κ2) is 7.33. The number of carbonyl (C=O) groups excluding carboxylic acids is 1. The summed E-state index contributed by atoms with van der Waals surface area (Å²) in [5.41, 5.74) is 1.27. The van der Waals surface area contributed by atoms with Crippen molar-refractivity contribution in [1.29, 1.82) is 0 Å². The second-order valence-corrected chi connectivity index (χ2v) is 4.47. The average molecular weight is 273 g/mol. The van der Waals surface area contributed by atoms with Gasteiger partial charge in [-0.2, -0.15) is 0 Å². The molecule has 0 aliphatic carbocycles. The predicted octanol–water partition coefficient (Wildman–Crippen LogP) is 2.82. The highest BCUT2D eigenvalue weighted by molar-refractivity contribution is 5.93. The van der Waals surface area contributed by atoms with E-state index in [2.05, 4.69) is 22.5 Å². The molecule has 0 radical (unpaired) electrons. The molecule has 1 amide bonds. The number of hydrogen-bond acceptors (Lipinski definition) is 4. The van der Waals surface area contributed by atoms with Crippen LogP contribution in [0.1, 0.15) is 36.0 Å². The van der Waals surface area contributed by atoms with Crippen LogP contribution in [0.25, 0.3) is 0 Å². The highest BCUT2D eigenvalue weighted by Gasteiger charge is 2.07. The number of furan rings is 1. The SMILES string of the molecule is CCCCNC(=O)c1cc(NCc2ccco2)ccn1. The van der Waals surface area contributed by atoms with Crippen molar-refractivity contribution in [3.63, 3.8) is 0 Å². The summed E-state index contributed by atoms with van der Waals surface area (Å²) in [4.78, 5) is 16.0. The number of nitrogens with zero attached hydrogens (tertiary/aromatic N) is 1. The zero-order valence-corrected chi connectivity index (χ0v) is 11.6. The van der Waals surface area contributed by atoms with Gasteiger partial charge in [0.15, 0.2) is 0 Å². The molecule has 2 N–H and O–H groups in total. The Morgan fingerprint density at radius 1 is 1.40 bits per heavy atom. The molecule has 0 spiro atoms. The van der Waals surface area contributed by atoms with Crippen molar-refractivity contribution in [1.82, 2.24) is 10.3 Å². The highest BCUT2D eigenvalue weighted by atomic mass is 16.3. The van der Waals surface area contributed by atoms with Crippen LogP contribution in [-0.2, 0) is 6.54 Å². The van der Waals surface area contributed by atoms with E-state index >= 15 is 0 Å². The third-order valence-electron chi connectivity index (χ3n) is 2.86. The predicted molar refractivity (Wildman–Crippen MR) is 77.5 cm³/mol. The fraction of sp³-hybridized carbons (Fsp3) is 0.333. The number of pyridine rings is 1. The molecule has 0 saturated carbocycles. The number of carbonyl (C=O) groups is 1. The van der Waals surface area contributed by atoms with Gasteiger partial charge in [-0.25, -0.2) is 0 Å². The Bertz CT molecular complexity index is 538. The molecule has 0 atom stereocenters. The van der Waals surface area contributed by atoms with Crippen molar-refractivity contribution in [2.24, 2.45) is 0 Å². The molecule has 0 aliphatic rings. The lowest BCUT2D eigenvalue weighted by molar-refractivity contribution is 0.0948. The minimum atomic E-state index is -0.139. The summed E-state index contributed by atoms with van der Waals surface area (Å²) in [5.74, 6) is 0.704. The number of unbranched alkanes of at least 4 members (excludes halogenated alkanes) is 1. The summed E-state index contributed by atoms with van der Waals surface area (Å²) in [6.07, 6.45) is 5.29. The Kier molecular flexibility index (Phi) is 5.17.